The predicted octanol–water partition coefficient (Wildman–Crippen LogP) is 4.38. The average Bonchev–Trinajstić information content (AvgIpc) is 2.45. The Labute approximate surface area is 131 Å². The molecule has 0 radical (unpaired) electrons. The molecule has 0 saturated carbocycles. The molecule has 5 nitrogen and oxygen atoms in total. The number of aromatic nitrogens is 1. The zero-order valence-corrected chi connectivity index (χ0v) is 12.5. The van der Waals surface area contributed by atoms with Gasteiger partial charge in [0.05, 0.1) is 10.5 Å². The Morgan fingerprint density at radius 2 is 2.05 bits per heavy atom. The third kappa shape index (κ3) is 3.94. The number of pyridine rings is 1. The molecule has 0 bridgehead atoms. The maximum absolute atomic E-state index is 12.6. The van der Waals surface area contributed by atoms with Crippen molar-refractivity contribution >= 4 is 27.4 Å². The van der Waals surface area contributed by atoms with Crippen LogP contribution in [0.3, 0.4) is 0 Å². The van der Waals surface area contributed by atoms with Crippen LogP contribution in [0.2, 0.25) is 0 Å². The van der Waals surface area contributed by atoms with Crippen LogP contribution in [0.4, 0.5) is 24.7 Å². The molecule has 0 aliphatic heterocycles. The molecule has 1 N–H and O–H groups in total. The first kappa shape index (κ1) is 16.2. The monoisotopic (exact) mass is 375 g/mol. The van der Waals surface area contributed by atoms with Crippen LogP contribution in [0.1, 0.15) is 11.1 Å². The van der Waals surface area contributed by atoms with Crippen LogP contribution in [0.15, 0.2) is 41.0 Å². The second-order valence-electron chi connectivity index (χ2n) is 4.33. The zero-order chi connectivity index (χ0) is 16.3. The number of anilines is 1. The minimum atomic E-state index is -4.43. The number of hydrogen-bond acceptors (Lipinski definition) is 4. The summed E-state index contributed by atoms with van der Waals surface area (Å²) in [4.78, 5) is 14.2. The largest absolute Gasteiger partial charge is 0.416 e. The van der Waals surface area contributed by atoms with E-state index in [9.17, 15) is 23.3 Å². The molecule has 0 saturated heterocycles. The van der Waals surface area contributed by atoms with E-state index in [-0.39, 0.29) is 18.1 Å². The molecule has 1 aromatic carbocycles. The Morgan fingerprint density at radius 3 is 2.68 bits per heavy atom. The molecule has 2 aromatic rings. The van der Waals surface area contributed by atoms with E-state index in [1.54, 1.807) is 0 Å². The minimum absolute atomic E-state index is 0.00869. The third-order valence-electron chi connectivity index (χ3n) is 2.75. The Kier molecular flexibility index (Phi) is 4.65. The molecule has 2 rings (SSSR count). The molecule has 116 valence electrons. The lowest BCUT2D eigenvalue weighted by molar-refractivity contribution is -0.384. The van der Waals surface area contributed by atoms with Gasteiger partial charge in [-0.15, -0.1) is 0 Å². The molecule has 0 amide bonds. The van der Waals surface area contributed by atoms with Crippen molar-refractivity contribution in [2.75, 3.05) is 5.32 Å². The van der Waals surface area contributed by atoms with Crippen molar-refractivity contribution in [3.05, 3.63) is 62.2 Å². The fraction of sp³-hybridized carbons (Fsp3) is 0.154. The van der Waals surface area contributed by atoms with Gasteiger partial charge in [0.15, 0.2) is 0 Å². The van der Waals surface area contributed by atoms with Gasteiger partial charge in [-0.2, -0.15) is 13.2 Å². The topological polar surface area (TPSA) is 68.1 Å². The van der Waals surface area contributed by atoms with Gasteiger partial charge in [0.2, 0.25) is 5.82 Å². The van der Waals surface area contributed by atoms with Crippen LogP contribution in [0.25, 0.3) is 0 Å². The van der Waals surface area contributed by atoms with E-state index in [1.807, 2.05) is 0 Å². The smallest absolute Gasteiger partial charge is 0.360 e. The fourth-order valence-electron chi connectivity index (χ4n) is 1.75. The molecule has 0 aliphatic rings. The highest BCUT2D eigenvalue weighted by atomic mass is 79.9. The molecular weight excluding hydrogens is 367 g/mol. The standard InChI is InChI=1S/C13H9BrF3N3O2/c14-10-5-11(20(21)22)12(19-7-10)18-6-8-2-1-3-9(4-8)13(15,16)17/h1-5,7H,6H2,(H,18,19). The van der Waals surface area contributed by atoms with Crippen LogP contribution in [-0.4, -0.2) is 9.91 Å². The highest BCUT2D eigenvalue weighted by molar-refractivity contribution is 9.10. The molecule has 0 unspecified atom stereocenters. The van der Waals surface area contributed by atoms with Gasteiger partial charge >= 0.3 is 11.9 Å². The van der Waals surface area contributed by atoms with Crippen LogP contribution < -0.4 is 5.32 Å². The van der Waals surface area contributed by atoms with Gasteiger partial charge in [0.1, 0.15) is 0 Å². The Morgan fingerprint density at radius 1 is 1.32 bits per heavy atom. The molecule has 0 aliphatic carbocycles. The lowest BCUT2D eigenvalue weighted by Gasteiger charge is -2.10. The maximum Gasteiger partial charge on any atom is 0.416 e. The molecule has 1 aromatic heterocycles. The second kappa shape index (κ2) is 6.30. The first-order chi connectivity index (χ1) is 10.3. The molecule has 0 atom stereocenters. The summed E-state index contributed by atoms with van der Waals surface area (Å²) in [6.45, 7) is -0.0145. The minimum Gasteiger partial charge on any atom is -0.360 e. The van der Waals surface area contributed by atoms with Crippen molar-refractivity contribution in [2.24, 2.45) is 0 Å². The number of benzene rings is 1. The lowest BCUT2D eigenvalue weighted by Crippen LogP contribution is -2.08. The van der Waals surface area contributed by atoms with E-state index in [1.165, 1.54) is 24.4 Å². The highest BCUT2D eigenvalue weighted by Gasteiger charge is 2.30. The zero-order valence-electron chi connectivity index (χ0n) is 10.9. The number of rotatable bonds is 4. The Bertz CT molecular complexity index is 707. The number of halogens is 4. The predicted molar refractivity (Wildman–Crippen MR) is 77.4 cm³/mol. The molecule has 9 heteroatoms. The van der Waals surface area contributed by atoms with Crippen molar-refractivity contribution in [1.82, 2.24) is 4.98 Å². The van der Waals surface area contributed by atoms with E-state index in [0.717, 1.165) is 12.1 Å². The summed E-state index contributed by atoms with van der Waals surface area (Å²) in [5.74, 6) is -0.00869. The summed E-state index contributed by atoms with van der Waals surface area (Å²) in [6.07, 6.45) is -3.07. The van der Waals surface area contributed by atoms with Crippen molar-refractivity contribution in [3.8, 4) is 0 Å². The number of nitrogens with one attached hydrogen (secondary N) is 1. The summed E-state index contributed by atoms with van der Waals surface area (Å²) in [7, 11) is 0. The summed E-state index contributed by atoms with van der Waals surface area (Å²) in [5, 5.41) is 13.6. The van der Waals surface area contributed by atoms with Crippen molar-refractivity contribution in [3.63, 3.8) is 0 Å². The SMILES string of the molecule is O=[N+]([O-])c1cc(Br)cnc1NCc1cccc(C(F)(F)F)c1. The summed E-state index contributed by atoms with van der Waals surface area (Å²) < 4.78 is 38.3. The van der Waals surface area contributed by atoms with Crippen LogP contribution in [0, 0.1) is 10.1 Å². The first-order valence-electron chi connectivity index (χ1n) is 5.97. The average molecular weight is 376 g/mol. The van der Waals surface area contributed by atoms with E-state index in [4.69, 9.17) is 0 Å². The maximum atomic E-state index is 12.6. The third-order valence-corrected chi connectivity index (χ3v) is 3.18. The quantitative estimate of drug-likeness (QED) is 0.635. The van der Waals surface area contributed by atoms with Crippen molar-refractivity contribution in [2.45, 2.75) is 12.7 Å². The van der Waals surface area contributed by atoms with Crippen molar-refractivity contribution in [1.29, 1.82) is 0 Å². The first-order valence-corrected chi connectivity index (χ1v) is 6.76. The summed E-state index contributed by atoms with van der Waals surface area (Å²) >= 11 is 3.07. The van der Waals surface area contributed by atoms with E-state index < -0.39 is 16.7 Å². The molecule has 22 heavy (non-hydrogen) atoms. The number of nitro groups is 1. The van der Waals surface area contributed by atoms with Gasteiger partial charge in [0.25, 0.3) is 0 Å². The Balaban J connectivity index is 2.19. The van der Waals surface area contributed by atoms with Crippen LogP contribution in [0.5, 0.6) is 0 Å². The van der Waals surface area contributed by atoms with Crippen LogP contribution >= 0.6 is 15.9 Å². The van der Waals surface area contributed by atoms with Crippen LogP contribution in [-0.2, 0) is 12.7 Å². The summed E-state index contributed by atoms with van der Waals surface area (Å²) in [6, 6.07) is 5.99. The highest BCUT2D eigenvalue weighted by Crippen LogP contribution is 2.30. The van der Waals surface area contributed by atoms with Gasteiger partial charge < -0.3 is 5.32 Å². The normalized spacial score (nSPS) is 11.3. The van der Waals surface area contributed by atoms with Gasteiger partial charge in [-0.05, 0) is 33.6 Å². The molecule has 0 fully saturated rings. The van der Waals surface area contributed by atoms with Gasteiger partial charge in [-0.25, -0.2) is 4.98 Å². The number of hydrogen-bond donors (Lipinski definition) is 1. The van der Waals surface area contributed by atoms with E-state index >= 15 is 0 Å². The second-order valence-corrected chi connectivity index (χ2v) is 5.25. The van der Waals surface area contributed by atoms with E-state index in [2.05, 4.69) is 26.2 Å². The summed E-state index contributed by atoms with van der Waals surface area (Å²) in [5.41, 5.74) is -0.694. The van der Waals surface area contributed by atoms with Gasteiger partial charge in [-0.1, -0.05) is 12.1 Å². The van der Waals surface area contributed by atoms with Gasteiger partial charge in [-0.3, -0.25) is 10.1 Å². The molecule has 1 heterocycles. The molecule has 0 spiro atoms. The van der Waals surface area contributed by atoms with E-state index in [0.29, 0.717) is 10.0 Å². The number of nitrogens with zero attached hydrogens (tertiary/aromatic N) is 2. The van der Waals surface area contributed by atoms with Crippen molar-refractivity contribution < 1.29 is 18.1 Å². The molecular formula is C13H9BrF3N3O2. The fourth-order valence-corrected chi connectivity index (χ4v) is 2.07. The Hall–Kier alpha value is -2.16. The van der Waals surface area contributed by atoms with Gasteiger partial charge in [0, 0.05) is 23.3 Å². The number of alkyl halides is 3. The lowest BCUT2D eigenvalue weighted by atomic mass is 10.1.